The van der Waals surface area contributed by atoms with Gasteiger partial charge in [-0.15, -0.1) is 0 Å². The zero-order valence-corrected chi connectivity index (χ0v) is 16.4. The molecular weight excluding hydrogens is 357 g/mol. The highest BCUT2D eigenvalue weighted by molar-refractivity contribution is 5.73. The van der Waals surface area contributed by atoms with Crippen LogP contribution in [0.15, 0.2) is 18.2 Å². The van der Waals surface area contributed by atoms with Crippen molar-refractivity contribution in [3.63, 3.8) is 0 Å². The summed E-state index contributed by atoms with van der Waals surface area (Å²) in [6, 6.07) is 6.12. The fourth-order valence-electron chi connectivity index (χ4n) is 4.50. The van der Waals surface area contributed by atoms with Crippen LogP contribution in [0.4, 0.5) is 4.39 Å². The lowest BCUT2D eigenvalue weighted by Crippen LogP contribution is -2.39. The summed E-state index contributed by atoms with van der Waals surface area (Å²) < 4.78 is 19.2. The molecule has 1 aliphatic carbocycles. The standard InChI is InChI=1S/C22H30FN3O2/c23-19-5-6-21(18(14-19)15-24)28-20-8-11-26(12-9-20)10-7-16-1-3-17(4-2-16)13-22(25)27/h5-6,14,16-17,20H,1-4,7-13H2,(H2,25,27). The van der Waals surface area contributed by atoms with Gasteiger partial charge in [0, 0.05) is 19.5 Å². The lowest BCUT2D eigenvalue weighted by molar-refractivity contribution is -0.119. The van der Waals surface area contributed by atoms with Gasteiger partial charge in [-0.2, -0.15) is 5.26 Å². The number of likely N-dealkylation sites (tertiary alicyclic amines) is 1. The number of benzene rings is 1. The Kier molecular flexibility index (Phi) is 7.27. The fraction of sp³-hybridized carbons (Fsp3) is 0.636. The van der Waals surface area contributed by atoms with Gasteiger partial charge >= 0.3 is 0 Å². The molecule has 0 unspecified atom stereocenters. The predicted molar refractivity (Wildman–Crippen MR) is 105 cm³/mol. The molecule has 2 aliphatic rings. The maximum absolute atomic E-state index is 13.2. The molecule has 3 rings (SSSR count). The minimum atomic E-state index is -0.414. The van der Waals surface area contributed by atoms with E-state index in [-0.39, 0.29) is 17.6 Å². The Labute approximate surface area is 166 Å². The van der Waals surface area contributed by atoms with Crippen LogP contribution in [0.5, 0.6) is 5.75 Å². The molecule has 1 aromatic rings. The van der Waals surface area contributed by atoms with Crippen molar-refractivity contribution in [1.29, 1.82) is 5.26 Å². The van der Waals surface area contributed by atoms with Crippen molar-refractivity contribution in [3.05, 3.63) is 29.6 Å². The van der Waals surface area contributed by atoms with Crippen LogP contribution in [0.1, 0.15) is 56.9 Å². The number of nitrogens with zero attached hydrogens (tertiary/aromatic N) is 2. The SMILES string of the molecule is N#Cc1cc(F)ccc1OC1CCN(CCC2CCC(CC(N)=O)CC2)CC1. The first-order valence-electron chi connectivity index (χ1n) is 10.4. The summed E-state index contributed by atoms with van der Waals surface area (Å²) in [5.74, 6) is 1.15. The molecule has 0 bridgehead atoms. The van der Waals surface area contributed by atoms with Crippen LogP contribution < -0.4 is 10.5 Å². The third-order valence-electron chi connectivity index (χ3n) is 6.20. The topological polar surface area (TPSA) is 79.3 Å². The molecule has 6 heteroatoms. The van der Waals surface area contributed by atoms with Crippen molar-refractivity contribution in [2.24, 2.45) is 17.6 Å². The van der Waals surface area contributed by atoms with Crippen molar-refractivity contribution in [2.45, 2.75) is 57.5 Å². The number of halogens is 1. The third-order valence-corrected chi connectivity index (χ3v) is 6.20. The summed E-state index contributed by atoms with van der Waals surface area (Å²) in [5.41, 5.74) is 5.57. The second kappa shape index (κ2) is 9.88. The molecule has 1 aromatic carbocycles. The van der Waals surface area contributed by atoms with Gasteiger partial charge in [0.15, 0.2) is 0 Å². The first-order chi connectivity index (χ1) is 13.5. The summed E-state index contributed by atoms with van der Waals surface area (Å²) in [6.45, 7) is 3.09. The molecule has 0 atom stereocenters. The molecule has 0 spiro atoms. The zero-order valence-electron chi connectivity index (χ0n) is 16.4. The van der Waals surface area contributed by atoms with Crippen molar-refractivity contribution in [3.8, 4) is 11.8 Å². The van der Waals surface area contributed by atoms with Gasteiger partial charge in [0.25, 0.3) is 0 Å². The van der Waals surface area contributed by atoms with E-state index >= 15 is 0 Å². The minimum Gasteiger partial charge on any atom is -0.489 e. The number of nitriles is 1. The van der Waals surface area contributed by atoms with E-state index in [9.17, 15) is 9.18 Å². The first kappa shape index (κ1) is 20.6. The highest BCUT2D eigenvalue weighted by Crippen LogP contribution is 2.33. The monoisotopic (exact) mass is 387 g/mol. The van der Waals surface area contributed by atoms with E-state index in [1.807, 2.05) is 6.07 Å². The maximum atomic E-state index is 13.2. The van der Waals surface area contributed by atoms with Gasteiger partial charge in [-0.3, -0.25) is 4.79 Å². The number of primary amides is 1. The number of amides is 1. The van der Waals surface area contributed by atoms with E-state index in [2.05, 4.69) is 4.90 Å². The molecule has 152 valence electrons. The van der Waals surface area contributed by atoms with Gasteiger partial charge in [0.05, 0.1) is 5.56 Å². The molecule has 1 aliphatic heterocycles. The van der Waals surface area contributed by atoms with E-state index in [4.69, 9.17) is 15.7 Å². The zero-order chi connectivity index (χ0) is 19.9. The Hall–Kier alpha value is -2.13. The number of hydrogen-bond donors (Lipinski definition) is 1. The highest BCUT2D eigenvalue weighted by atomic mass is 19.1. The number of piperidine rings is 1. The molecule has 1 amide bonds. The second-order valence-electron chi connectivity index (χ2n) is 8.26. The molecule has 0 aromatic heterocycles. The van der Waals surface area contributed by atoms with Crippen LogP contribution >= 0.6 is 0 Å². The lowest BCUT2D eigenvalue weighted by atomic mass is 9.79. The van der Waals surface area contributed by atoms with Gasteiger partial charge in [-0.1, -0.05) is 12.8 Å². The highest BCUT2D eigenvalue weighted by Gasteiger charge is 2.25. The van der Waals surface area contributed by atoms with Gasteiger partial charge in [0.1, 0.15) is 23.7 Å². The molecule has 0 radical (unpaired) electrons. The van der Waals surface area contributed by atoms with E-state index < -0.39 is 5.82 Å². The average Bonchev–Trinajstić information content (AvgIpc) is 2.69. The van der Waals surface area contributed by atoms with E-state index in [0.29, 0.717) is 18.1 Å². The van der Waals surface area contributed by atoms with Crippen LogP contribution in [-0.2, 0) is 4.79 Å². The number of ether oxygens (including phenoxy) is 1. The Morgan fingerprint density at radius 1 is 1.18 bits per heavy atom. The maximum Gasteiger partial charge on any atom is 0.217 e. The molecule has 1 heterocycles. The molecule has 1 saturated carbocycles. The Bertz CT molecular complexity index is 702. The Balaban J connectivity index is 1.36. The smallest absolute Gasteiger partial charge is 0.217 e. The summed E-state index contributed by atoms with van der Waals surface area (Å²) >= 11 is 0. The molecular formula is C22H30FN3O2. The summed E-state index contributed by atoms with van der Waals surface area (Å²) in [5, 5.41) is 9.14. The molecule has 5 nitrogen and oxygen atoms in total. The number of rotatable bonds is 7. The van der Waals surface area contributed by atoms with E-state index in [1.165, 1.54) is 31.4 Å². The molecule has 1 saturated heterocycles. The minimum absolute atomic E-state index is 0.0815. The van der Waals surface area contributed by atoms with Crippen molar-refractivity contribution in [1.82, 2.24) is 4.90 Å². The van der Waals surface area contributed by atoms with Gasteiger partial charge < -0.3 is 15.4 Å². The van der Waals surface area contributed by atoms with Crippen LogP contribution in [0.2, 0.25) is 0 Å². The van der Waals surface area contributed by atoms with Crippen LogP contribution in [0.3, 0.4) is 0 Å². The van der Waals surface area contributed by atoms with E-state index in [0.717, 1.165) is 51.2 Å². The Morgan fingerprint density at radius 2 is 1.86 bits per heavy atom. The molecule has 2 N–H and O–H groups in total. The Morgan fingerprint density at radius 3 is 2.50 bits per heavy atom. The fourth-order valence-corrected chi connectivity index (χ4v) is 4.50. The molecule has 28 heavy (non-hydrogen) atoms. The third kappa shape index (κ3) is 5.93. The van der Waals surface area contributed by atoms with Crippen LogP contribution in [-0.4, -0.2) is 36.5 Å². The lowest BCUT2D eigenvalue weighted by Gasteiger charge is -2.34. The summed E-state index contributed by atoms with van der Waals surface area (Å²) in [6.07, 6.45) is 8.36. The largest absolute Gasteiger partial charge is 0.489 e. The number of nitrogens with two attached hydrogens (primary N) is 1. The quantitative estimate of drug-likeness (QED) is 0.775. The normalized spacial score (nSPS) is 23.9. The summed E-state index contributed by atoms with van der Waals surface area (Å²) in [7, 11) is 0. The number of hydrogen-bond acceptors (Lipinski definition) is 4. The molecule has 2 fully saturated rings. The first-order valence-corrected chi connectivity index (χ1v) is 10.4. The van der Waals surface area contributed by atoms with Crippen molar-refractivity contribution < 1.29 is 13.9 Å². The van der Waals surface area contributed by atoms with Crippen LogP contribution in [0.25, 0.3) is 0 Å². The van der Waals surface area contributed by atoms with E-state index in [1.54, 1.807) is 6.07 Å². The second-order valence-corrected chi connectivity index (χ2v) is 8.26. The van der Waals surface area contributed by atoms with Crippen molar-refractivity contribution in [2.75, 3.05) is 19.6 Å². The number of carbonyl (C=O) groups excluding carboxylic acids is 1. The van der Waals surface area contributed by atoms with Gasteiger partial charge in [-0.25, -0.2) is 4.39 Å². The predicted octanol–water partition coefficient (Wildman–Crippen LogP) is 3.61. The van der Waals surface area contributed by atoms with Gasteiger partial charge in [-0.05, 0) is 68.7 Å². The number of carbonyl (C=O) groups is 1. The van der Waals surface area contributed by atoms with Gasteiger partial charge in [0.2, 0.25) is 5.91 Å². The average molecular weight is 387 g/mol. The van der Waals surface area contributed by atoms with Crippen molar-refractivity contribution >= 4 is 5.91 Å². The summed E-state index contributed by atoms with van der Waals surface area (Å²) in [4.78, 5) is 13.5. The van der Waals surface area contributed by atoms with Crippen LogP contribution in [0, 0.1) is 29.0 Å².